The lowest BCUT2D eigenvalue weighted by Gasteiger charge is -2.16. The molecule has 0 aromatic heterocycles. The number of hydrogen-bond acceptors (Lipinski definition) is 4. The van der Waals surface area contributed by atoms with Crippen LogP contribution in [0.2, 0.25) is 0 Å². The first-order valence-electron chi connectivity index (χ1n) is 8.81. The Labute approximate surface area is 163 Å². The fourth-order valence-electron chi connectivity index (χ4n) is 2.73. The minimum Gasteiger partial charge on any atom is -0.312 e. The molecule has 2 aromatic carbocycles. The van der Waals surface area contributed by atoms with Gasteiger partial charge in [0.25, 0.3) is 0 Å². The lowest BCUT2D eigenvalue weighted by molar-refractivity contribution is 0.802. The topological polar surface area (TPSA) is 150 Å². The van der Waals surface area contributed by atoms with Gasteiger partial charge in [0, 0.05) is 21.2 Å². The van der Waals surface area contributed by atoms with E-state index in [-0.39, 0.29) is 0 Å². The molecular formula is C20H22N8. The van der Waals surface area contributed by atoms with E-state index in [0.29, 0.717) is 11.4 Å². The highest BCUT2D eigenvalue weighted by Gasteiger charge is 2.11. The van der Waals surface area contributed by atoms with Crippen molar-refractivity contribution < 1.29 is 0 Å². The maximum Gasteiger partial charge on any atom is 0.0787 e. The van der Waals surface area contributed by atoms with Gasteiger partial charge in [0.1, 0.15) is 0 Å². The molecule has 0 saturated heterocycles. The molecule has 4 N–H and O–H groups in total. The van der Waals surface area contributed by atoms with Crippen LogP contribution < -0.4 is 11.5 Å². The molecule has 0 bridgehead atoms. The molecule has 2 rings (SSSR count). The molecule has 0 aliphatic heterocycles. The molecule has 8 nitrogen and oxygen atoms in total. The van der Waals surface area contributed by atoms with Gasteiger partial charge < -0.3 is 11.5 Å². The van der Waals surface area contributed by atoms with Crippen LogP contribution in [-0.2, 0) is 0 Å². The number of nitrogens with two attached hydrogens (primary N) is 2. The second kappa shape index (κ2) is 10.6. The normalized spacial score (nSPS) is 11.7. The minimum atomic E-state index is -0.642. The Morgan fingerprint density at radius 1 is 0.893 bits per heavy atom. The molecule has 0 unspecified atom stereocenters. The third-order valence-electron chi connectivity index (χ3n) is 4.02. The van der Waals surface area contributed by atoms with Crippen LogP contribution in [-0.4, -0.2) is 6.17 Å². The van der Waals surface area contributed by atoms with Crippen molar-refractivity contribution in [2.45, 2.75) is 25.9 Å². The Kier molecular flexibility index (Phi) is 7.84. The zero-order valence-corrected chi connectivity index (χ0v) is 15.6. The zero-order chi connectivity index (χ0) is 20.4. The summed E-state index contributed by atoms with van der Waals surface area (Å²) in [6.07, 6.45) is 5.09. The van der Waals surface area contributed by atoms with Crippen molar-refractivity contribution in [3.8, 4) is 0 Å². The first-order valence-corrected chi connectivity index (χ1v) is 8.81. The van der Waals surface area contributed by atoms with Crippen molar-refractivity contribution >= 4 is 23.5 Å². The molecular weight excluding hydrogens is 352 g/mol. The Hall–Kier alpha value is -3.54. The quantitative estimate of drug-likeness (QED) is 0.189. The molecule has 0 aliphatic carbocycles. The van der Waals surface area contributed by atoms with Crippen molar-refractivity contribution in [3.05, 3.63) is 91.7 Å². The standard InChI is InChI=1S/C20H22N8/c1-2-3-16(12-14-4-8-17(9-5-14)25-27-23)19(20(21)22)13-15-6-10-18(11-7-15)26-28-24/h4-13,20H,2-3,21-22H2,1H3. The SMILES string of the molecule is CCCC(=Cc1ccc(N=[N+]=[N-])cc1)C(=Cc1ccc(N=[N+]=[N-])cc1)C(N)N. The summed E-state index contributed by atoms with van der Waals surface area (Å²) in [7, 11) is 0. The first-order chi connectivity index (χ1) is 13.6. The maximum absolute atomic E-state index is 8.51. The van der Waals surface area contributed by atoms with Gasteiger partial charge in [0.2, 0.25) is 0 Å². The van der Waals surface area contributed by atoms with Gasteiger partial charge in [-0.2, -0.15) is 0 Å². The van der Waals surface area contributed by atoms with Crippen LogP contribution in [0.5, 0.6) is 0 Å². The van der Waals surface area contributed by atoms with Crippen LogP contribution >= 0.6 is 0 Å². The molecule has 0 radical (unpaired) electrons. The van der Waals surface area contributed by atoms with E-state index < -0.39 is 6.17 Å². The van der Waals surface area contributed by atoms with E-state index in [9.17, 15) is 0 Å². The second-order valence-electron chi connectivity index (χ2n) is 6.11. The molecule has 0 heterocycles. The Morgan fingerprint density at radius 2 is 1.36 bits per heavy atom. The third kappa shape index (κ3) is 6.02. The van der Waals surface area contributed by atoms with Gasteiger partial charge in [0.15, 0.2) is 0 Å². The summed E-state index contributed by atoms with van der Waals surface area (Å²) >= 11 is 0. The van der Waals surface area contributed by atoms with E-state index in [4.69, 9.17) is 22.5 Å². The second-order valence-corrected chi connectivity index (χ2v) is 6.11. The predicted molar refractivity (Wildman–Crippen MR) is 114 cm³/mol. The molecule has 0 aliphatic rings. The van der Waals surface area contributed by atoms with E-state index in [1.807, 2.05) is 36.4 Å². The van der Waals surface area contributed by atoms with Crippen molar-refractivity contribution in [2.75, 3.05) is 0 Å². The minimum absolute atomic E-state index is 0.544. The van der Waals surface area contributed by atoms with Crippen molar-refractivity contribution in [1.29, 1.82) is 0 Å². The van der Waals surface area contributed by atoms with Crippen molar-refractivity contribution in [2.24, 2.45) is 21.7 Å². The fraction of sp³-hybridized carbons (Fsp3) is 0.200. The maximum atomic E-state index is 8.51. The molecule has 0 spiro atoms. The monoisotopic (exact) mass is 374 g/mol. The van der Waals surface area contributed by atoms with Gasteiger partial charge in [-0.3, -0.25) is 0 Å². The fourth-order valence-corrected chi connectivity index (χ4v) is 2.73. The Balaban J connectivity index is 2.42. The van der Waals surface area contributed by atoms with Gasteiger partial charge in [-0.05, 0) is 45.8 Å². The predicted octanol–water partition coefficient (Wildman–Crippen LogP) is 6.08. The number of azide groups is 2. The van der Waals surface area contributed by atoms with Crippen LogP contribution in [0.25, 0.3) is 33.0 Å². The number of hydrogen-bond donors (Lipinski definition) is 2. The summed E-state index contributed by atoms with van der Waals surface area (Å²) in [5.74, 6) is 0. The van der Waals surface area contributed by atoms with Gasteiger partial charge in [0.05, 0.1) is 6.17 Å². The third-order valence-corrected chi connectivity index (χ3v) is 4.02. The van der Waals surface area contributed by atoms with Crippen molar-refractivity contribution in [1.82, 2.24) is 0 Å². The van der Waals surface area contributed by atoms with Gasteiger partial charge in [-0.1, -0.05) is 78.2 Å². The highest BCUT2D eigenvalue weighted by Crippen LogP contribution is 2.25. The van der Waals surface area contributed by atoms with Crippen LogP contribution in [0.4, 0.5) is 11.4 Å². The summed E-state index contributed by atoms with van der Waals surface area (Å²) in [4.78, 5) is 5.56. The summed E-state index contributed by atoms with van der Waals surface area (Å²) in [6.45, 7) is 2.09. The van der Waals surface area contributed by atoms with E-state index in [1.165, 1.54) is 0 Å². The highest BCUT2D eigenvalue weighted by atomic mass is 15.1. The van der Waals surface area contributed by atoms with Crippen molar-refractivity contribution in [3.63, 3.8) is 0 Å². The molecule has 0 atom stereocenters. The Bertz CT molecular complexity index is 943. The molecule has 142 valence electrons. The molecule has 0 amide bonds. The smallest absolute Gasteiger partial charge is 0.0787 e. The summed E-state index contributed by atoms with van der Waals surface area (Å²) in [6, 6.07) is 14.5. The van der Waals surface area contributed by atoms with Crippen LogP contribution in [0.15, 0.2) is 69.9 Å². The van der Waals surface area contributed by atoms with E-state index in [2.05, 4.69) is 27.0 Å². The average molecular weight is 374 g/mol. The van der Waals surface area contributed by atoms with Crippen LogP contribution in [0, 0.1) is 0 Å². The van der Waals surface area contributed by atoms with Crippen LogP contribution in [0.3, 0.4) is 0 Å². The lowest BCUT2D eigenvalue weighted by atomic mass is 9.94. The highest BCUT2D eigenvalue weighted by molar-refractivity contribution is 5.68. The average Bonchev–Trinajstić information content (AvgIpc) is 2.69. The number of nitrogens with zero attached hydrogens (tertiary/aromatic N) is 6. The molecule has 8 heteroatoms. The van der Waals surface area contributed by atoms with E-state index in [0.717, 1.165) is 35.1 Å². The molecule has 0 fully saturated rings. The first kappa shape index (κ1) is 20.8. The van der Waals surface area contributed by atoms with E-state index in [1.54, 1.807) is 24.3 Å². The summed E-state index contributed by atoms with van der Waals surface area (Å²) < 4.78 is 0. The molecule has 2 aromatic rings. The van der Waals surface area contributed by atoms with Gasteiger partial charge in [-0.25, -0.2) is 0 Å². The van der Waals surface area contributed by atoms with Crippen LogP contribution in [0.1, 0.15) is 30.9 Å². The molecule has 28 heavy (non-hydrogen) atoms. The lowest BCUT2D eigenvalue weighted by Crippen LogP contribution is -2.33. The van der Waals surface area contributed by atoms with E-state index >= 15 is 0 Å². The van der Waals surface area contributed by atoms with Gasteiger partial charge in [-0.15, -0.1) is 0 Å². The summed E-state index contributed by atoms with van der Waals surface area (Å²) in [5, 5.41) is 7.15. The largest absolute Gasteiger partial charge is 0.312 e. The van der Waals surface area contributed by atoms with Gasteiger partial charge >= 0.3 is 0 Å². The number of rotatable bonds is 8. The Morgan fingerprint density at radius 3 is 1.75 bits per heavy atom. The summed E-state index contributed by atoms with van der Waals surface area (Å²) in [5.41, 5.74) is 34.0. The molecule has 0 saturated carbocycles. The number of benzene rings is 2. The zero-order valence-electron chi connectivity index (χ0n) is 15.6.